The zero-order valence-electron chi connectivity index (χ0n) is 6.99. The van der Waals surface area contributed by atoms with Crippen LogP contribution in [0.2, 0.25) is 0 Å². The third-order valence-electron chi connectivity index (χ3n) is 1.88. The molecule has 0 radical (unpaired) electrons. The Kier molecular flexibility index (Phi) is 2.73. The minimum absolute atomic E-state index is 0.149. The molecule has 3 heteroatoms. The number of rotatable bonds is 1. The number of hydrogen-bond donors (Lipinski definition) is 1. The molecule has 0 aliphatic heterocycles. The Morgan fingerprint density at radius 2 is 2.17 bits per heavy atom. The molecule has 0 saturated carbocycles. The van der Waals surface area contributed by atoms with Gasteiger partial charge in [-0.2, -0.15) is 0 Å². The zero-order chi connectivity index (χ0) is 9.30. The molecule has 0 aromatic heterocycles. The van der Waals surface area contributed by atoms with Crippen LogP contribution in [0.15, 0.2) is 10.5 Å². The molecule has 1 aromatic carbocycles. The predicted octanol–water partition coefficient (Wildman–Crippen LogP) is 3.16. The number of phenols is 1. The zero-order valence-corrected chi connectivity index (χ0v) is 8.57. The van der Waals surface area contributed by atoms with Gasteiger partial charge in [0.15, 0.2) is 0 Å². The van der Waals surface area contributed by atoms with Crippen molar-refractivity contribution < 1.29 is 9.50 Å². The maximum atomic E-state index is 13.1. The number of aromatic hydroxyl groups is 1. The summed E-state index contributed by atoms with van der Waals surface area (Å²) in [5.74, 6) is -0.132. The van der Waals surface area contributed by atoms with Crippen molar-refractivity contribution >= 4 is 15.9 Å². The molecule has 0 saturated heterocycles. The summed E-state index contributed by atoms with van der Waals surface area (Å²) in [6.45, 7) is 3.49. The summed E-state index contributed by atoms with van der Waals surface area (Å²) in [7, 11) is 0. The van der Waals surface area contributed by atoms with E-state index in [1.807, 2.05) is 6.92 Å². The lowest BCUT2D eigenvalue weighted by Crippen LogP contribution is -1.90. The van der Waals surface area contributed by atoms with Crippen molar-refractivity contribution in [3.05, 3.63) is 27.5 Å². The van der Waals surface area contributed by atoms with Crippen molar-refractivity contribution in [1.29, 1.82) is 0 Å². The summed E-state index contributed by atoms with van der Waals surface area (Å²) in [5.41, 5.74) is 1.08. The molecule has 1 aromatic rings. The molecular weight excluding hydrogens is 223 g/mol. The lowest BCUT2D eigenvalue weighted by atomic mass is 10.1. The van der Waals surface area contributed by atoms with Crippen molar-refractivity contribution in [2.24, 2.45) is 0 Å². The second kappa shape index (κ2) is 3.44. The maximum absolute atomic E-state index is 13.1. The molecule has 0 aliphatic rings. The van der Waals surface area contributed by atoms with Gasteiger partial charge in [0.2, 0.25) is 0 Å². The summed E-state index contributed by atoms with van der Waals surface area (Å²) in [6, 6.07) is 1.37. The summed E-state index contributed by atoms with van der Waals surface area (Å²) in [4.78, 5) is 0. The van der Waals surface area contributed by atoms with Gasteiger partial charge in [0.05, 0.1) is 4.47 Å². The van der Waals surface area contributed by atoms with Gasteiger partial charge in [-0.3, -0.25) is 0 Å². The van der Waals surface area contributed by atoms with Crippen LogP contribution in [0.25, 0.3) is 0 Å². The number of hydrogen-bond acceptors (Lipinski definition) is 1. The highest BCUT2D eigenvalue weighted by Gasteiger charge is 2.10. The van der Waals surface area contributed by atoms with Gasteiger partial charge in [-0.1, -0.05) is 6.92 Å². The Labute approximate surface area is 79.4 Å². The minimum atomic E-state index is -0.281. The summed E-state index contributed by atoms with van der Waals surface area (Å²) < 4.78 is 13.5. The number of phenolic OH excluding ortho intramolecular Hbond substituents is 1. The van der Waals surface area contributed by atoms with Crippen molar-refractivity contribution in [1.82, 2.24) is 0 Å². The quantitative estimate of drug-likeness (QED) is 0.789. The normalized spacial score (nSPS) is 10.3. The largest absolute Gasteiger partial charge is 0.506 e. The fourth-order valence-corrected chi connectivity index (χ4v) is 1.47. The molecule has 0 unspecified atom stereocenters. The van der Waals surface area contributed by atoms with Gasteiger partial charge in [0.1, 0.15) is 11.6 Å². The maximum Gasteiger partial charge on any atom is 0.133 e. The van der Waals surface area contributed by atoms with E-state index in [9.17, 15) is 9.50 Å². The second-order valence-electron chi connectivity index (χ2n) is 2.66. The molecule has 0 heterocycles. The first-order chi connectivity index (χ1) is 5.57. The molecule has 0 atom stereocenters. The fourth-order valence-electron chi connectivity index (χ4n) is 1.02. The van der Waals surface area contributed by atoms with E-state index in [1.165, 1.54) is 6.07 Å². The molecule has 0 aliphatic carbocycles. The molecule has 1 N–H and O–H groups in total. The van der Waals surface area contributed by atoms with Gasteiger partial charge in [0, 0.05) is 5.56 Å². The molecule has 66 valence electrons. The van der Waals surface area contributed by atoms with E-state index in [1.54, 1.807) is 6.92 Å². The Balaban J connectivity index is 3.39. The van der Waals surface area contributed by atoms with Crippen LogP contribution < -0.4 is 0 Å². The molecule has 12 heavy (non-hydrogen) atoms. The molecule has 0 spiro atoms. The van der Waals surface area contributed by atoms with Crippen LogP contribution in [0.1, 0.15) is 18.1 Å². The van der Waals surface area contributed by atoms with Crippen molar-refractivity contribution in [2.45, 2.75) is 20.3 Å². The van der Waals surface area contributed by atoms with Crippen molar-refractivity contribution in [2.75, 3.05) is 0 Å². The molecule has 0 bridgehead atoms. The van der Waals surface area contributed by atoms with Gasteiger partial charge >= 0.3 is 0 Å². The van der Waals surface area contributed by atoms with E-state index in [4.69, 9.17) is 0 Å². The van der Waals surface area contributed by atoms with E-state index in [-0.39, 0.29) is 11.6 Å². The Morgan fingerprint density at radius 1 is 1.58 bits per heavy atom. The number of halogens is 2. The Hall–Kier alpha value is -0.570. The van der Waals surface area contributed by atoms with Crippen LogP contribution in [0.4, 0.5) is 4.39 Å². The van der Waals surface area contributed by atoms with E-state index in [2.05, 4.69) is 15.9 Å². The van der Waals surface area contributed by atoms with Gasteiger partial charge in [-0.05, 0) is 40.9 Å². The lowest BCUT2D eigenvalue weighted by Gasteiger charge is -2.07. The average Bonchev–Trinajstić information content (AvgIpc) is 2.08. The summed E-state index contributed by atoms with van der Waals surface area (Å²) >= 11 is 3.13. The fraction of sp³-hybridized carbons (Fsp3) is 0.333. The van der Waals surface area contributed by atoms with Gasteiger partial charge < -0.3 is 5.11 Å². The first kappa shape index (κ1) is 9.52. The highest BCUT2D eigenvalue weighted by atomic mass is 79.9. The van der Waals surface area contributed by atoms with Crippen LogP contribution >= 0.6 is 15.9 Å². The van der Waals surface area contributed by atoms with E-state index in [0.717, 1.165) is 0 Å². The first-order valence-electron chi connectivity index (χ1n) is 3.74. The van der Waals surface area contributed by atoms with Crippen LogP contribution in [0.3, 0.4) is 0 Å². The molecular formula is C9H10BrFO. The second-order valence-corrected chi connectivity index (χ2v) is 3.45. The van der Waals surface area contributed by atoms with Crippen LogP contribution in [0, 0.1) is 12.7 Å². The molecule has 0 fully saturated rings. The Bertz CT molecular complexity index is 310. The minimum Gasteiger partial charge on any atom is -0.506 e. The smallest absolute Gasteiger partial charge is 0.133 e. The molecule has 1 nitrogen and oxygen atoms in total. The lowest BCUT2D eigenvalue weighted by molar-refractivity contribution is 0.461. The Morgan fingerprint density at radius 3 is 2.67 bits per heavy atom. The SMILES string of the molecule is CCc1cc(F)c(C)c(Br)c1O. The highest BCUT2D eigenvalue weighted by molar-refractivity contribution is 9.10. The number of benzene rings is 1. The third kappa shape index (κ3) is 1.46. The average molecular weight is 233 g/mol. The van der Waals surface area contributed by atoms with Crippen LogP contribution in [-0.2, 0) is 6.42 Å². The van der Waals surface area contributed by atoms with Crippen LogP contribution in [0.5, 0.6) is 5.75 Å². The number of aryl methyl sites for hydroxylation is 1. The summed E-state index contributed by atoms with van der Waals surface area (Å²) in [6.07, 6.45) is 0.627. The molecule has 0 amide bonds. The van der Waals surface area contributed by atoms with Crippen molar-refractivity contribution in [3.63, 3.8) is 0 Å². The molecule has 1 rings (SSSR count). The first-order valence-corrected chi connectivity index (χ1v) is 4.53. The highest BCUT2D eigenvalue weighted by Crippen LogP contribution is 2.32. The predicted molar refractivity (Wildman–Crippen MR) is 49.9 cm³/mol. The monoisotopic (exact) mass is 232 g/mol. The van der Waals surface area contributed by atoms with Gasteiger partial charge in [-0.25, -0.2) is 4.39 Å². The topological polar surface area (TPSA) is 20.2 Å². The summed E-state index contributed by atoms with van der Waals surface area (Å²) in [5, 5.41) is 9.49. The van der Waals surface area contributed by atoms with E-state index >= 15 is 0 Å². The van der Waals surface area contributed by atoms with E-state index in [0.29, 0.717) is 22.0 Å². The van der Waals surface area contributed by atoms with E-state index < -0.39 is 0 Å². The van der Waals surface area contributed by atoms with Gasteiger partial charge in [0.25, 0.3) is 0 Å². The van der Waals surface area contributed by atoms with Gasteiger partial charge in [-0.15, -0.1) is 0 Å². The standard InChI is InChI=1S/C9H10BrFO/c1-3-6-4-7(11)5(2)8(10)9(6)12/h4,12H,3H2,1-2H3. The van der Waals surface area contributed by atoms with Crippen LogP contribution in [-0.4, -0.2) is 5.11 Å². The van der Waals surface area contributed by atoms with Crippen molar-refractivity contribution in [3.8, 4) is 5.75 Å². The third-order valence-corrected chi connectivity index (χ3v) is 2.85.